The lowest BCUT2D eigenvalue weighted by Crippen LogP contribution is -1.85. The van der Waals surface area contributed by atoms with E-state index in [-0.39, 0.29) is 0 Å². The standard InChI is InChI=1S/C12H12OS2/c1-8-7-9(13-2)3-4-10(8)11-5-6-12(14)15-11/h3-7,14H,1-2H3. The highest BCUT2D eigenvalue weighted by atomic mass is 32.2. The smallest absolute Gasteiger partial charge is 0.119 e. The highest BCUT2D eigenvalue weighted by molar-refractivity contribution is 7.83. The molecule has 1 nitrogen and oxygen atoms in total. The molecule has 2 rings (SSSR count). The first-order valence-corrected chi connectivity index (χ1v) is 5.91. The van der Waals surface area contributed by atoms with Crippen LogP contribution in [0.1, 0.15) is 5.56 Å². The summed E-state index contributed by atoms with van der Waals surface area (Å²) in [5, 5.41) is 0. The summed E-state index contributed by atoms with van der Waals surface area (Å²) in [7, 11) is 1.69. The molecule has 0 amide bonds. The Labute approximate surface area is 99.1 Å². The number of aryl methyl sites for hydroxylation is 1. The zero-order valence-corrected chi connectivity index (χ0v) is 10.4. The lowest BCUT2D eigenvalue weighted by molar-refractivity contribution is 0.414. The number of hydrogen-bond acceptors (Lipinski definition) is 3. The molecular weight excluding hydrogens is 224 g/mol. The summed E-state index contributed by atoms with van der Waals surface area (Å²) in [5.41, 5.74) is 2.48. The Kier molecular flexibility index (Phi) is 3.03. The van der Waals surface area contributed by atoms with Gasteiger partial charge in [0.25, 0.3) is 0 Å². The molecule has 0 radical (unpaired) electrons. The first-order chi connectivity index (χ1) is 7.20. The second-order valence-corrected chi connectivity index (χ2v) is 5.19. The molecule has 0 aliphatic heterocycles. The molecule has 0 bridgehead atoms. The van der Waals surface area contributed by atoms with Gasteiger partial charge in [0.1, 0.15) is 5.75 Å². The monoisotopic (exact) mass is 236 g/mol. The molecule has 0 aliphatic rings. The van der Waals surface area contributed by atoms with E-state index in [1.54, 1.807) is 18.4 Å². The van der Waals surface area contributed by atoms with E-state index < -0.39 is 0 Å². The molecule has 1 aromatic heterocycles. The molecule has 0 saturated carbocycles. The summed E-state index contributed by atoms with van der Waals surface area (Å²) in [6.45, 7) is 2.09. The summed E-state index contributed by atoms with van der Waals surface area (Å²) in [6, 6.07) is 10.2. The third-order valence-corrected chi connectivity index (χ3v) is 3.63. The average molecular weight is 236 g/mol. The Morgan fingerprint density at radius 3 is 2.53 bits per heavy atom. The minimum absolute atomic E-state index is 0.902. The van der Waals surface area contributed by atoms with Gasteiger partial charge in [0, 0.05) is 4.88 Å². The number of thiophene rings is 1. The third kappa shape index (κ3) is 2.19. The van der Waals surface area contributed by atoms with Crippen LogP contribution in [0.5, 0.6) is 5.75 Å². The predicted octanol–water partition coefficient (Wildman–Crippen LogP) is 4.02. The molecule has 2 aromatic rings. The largest absolute Gasteiger partial charge is 0.497 e. The van der Waals surface area contributed by atoms with Crippen molar-refractivity contribution in [1.82, 2.24) is 0 Å². The maximum absolute atomic E-state index is 5.18. The van der Waals surface area contributed by atoms with Crippen molar-refractivity contribution in [1.29, 1.82) is 0 Å². The van der Waals surface area contributed by atoms with Crippen LogP contribution in [-0.2, 0) is 0 Å². The molecule has 1 aromatic carbocycles. The van der Waals surface area contributed by atoms with Crippen molar-refractivity contribution in [2.75, 3.05) is 7.11 Å². The summed E-state index contributed by atoms with van der Waals surface area (Å²) in [4.78, 5) is 1.25. The second-order valence-electron chi connectivity index (χ2n) is 3.32. The first kappa shape index (κ1) is 10.6. The number of thiol groups is 1. The van der Waals surface area contributed by atoms with Crippen LogP contribution in [0.3, 0.4) is 0 Å². The van der Waals surface area contributed by atoms with Crippen LogP contribution in [0.25, 0.3) is 10.4 Å². The molecule has 0 unspecified atom stereocenters. The van der Waals surface area contributed by atoms with E-state index in [4.69, 9.17) is 4.74 Å². The summed E-state index contributed by atoms with van der Waals surface area (Å²) in [5.74, 6) is 0.902. The topological polar surface area (TPSA) is 9.23 Å². The molecular formula is C12H12OS2. The van der Waals surface area contributed by atoms with E-state index in [1.807, 2.05) is 18.2 Å². The van der Waals surface area contributed by atoms with Gasteiger partial charge in [-0.1, -0.05) is 0 Å². The average Bonchev–Trinajstić information content (AvgIpc) is 2.64. The van der Waals surface area contributed by atoms with Crippen LogP contribution in [0.4, 0.5) is 0 Å². The molecule has 0 saturated heterocycles. The summed E-state index contributed by atoms with van der Waals surface area (Å²) < 4.78 is 6.22. The number of benzene rings is 1. The van der Waals surface area contributed by atoms with Gasteiger partial charge in [0.15, 0.2) is 0 Å². The van der Waals surface area contributed by atoms with Crippen molar-refractivity contribution in [3.63, 3.8) is 0 Å². The van der Waals surface area contributed by atoms with E-state index in [0.717, 1.165) is 9.96 Å². The van der Waals surface area contributed by atoms with E-state index in [9.17, 15) is 0 Å². The van der Waals surface area contributed by atoms with E-state index in [0.29, 0.717) is 0 Å². The van der Waals surface area contributed by atoms with Crippen molar-refractivity contribution < 1.29 is 4.74 Å². The highest BCUT2D eigenvalue weighted by Gasteiger charge is 2.05. The minimum Gasteiger partial charge on any atom is -0.497 e. The maximum Gasteiger partial charge on any atom is 0.119 e. The van der Waals surface area contributed by atoms with Crippen LogP contribution < -0.4 is 4.74 Å². The molecule has 0 fully saturated rings. The SMILES string of the molecule is COc1ccc(-c2ccc(S)s2)c(C)c1. The van der Waals surface area contributed by atoms with Crippen LogP contribution in [-0.4, -0.2) is 7.11 Å². The van der Waals surface area contributed by atoms with Crippen molar-refractivity contribution >= 4 is 24.0 Å². The first-order valence-electron chi connectivity index (χ1n) is 4.64. The molecule has 0 aliphatic carbocycles. The Morgan fingerprint density at radius 1 is 1.20 bits per heavy atom. The molecule has 15 heavy (non-hydrogen) atoms. The fourth-order valence-corrected chi connectivity index (χ4v) is 2.72. The van der Waals surface area contributed by atoms with Gasteiger partial charge in [-0.2, -0.15) is 0 Å². The zero-order valence-electron chi connectivity index (χ0n) is 8.65. The van der Waals surface area contributed by atoms with E-state index in [1.165, 1.54) is 16.0 Å². The Hall–Kier alpha value is -0.930. The zero-order chi connectivity index (χ0) is 10.8. The van der Waals surface area contributed by atoms with Crippen LogP contribution in [0, 0.1) is 6.92 Å². The summed E-state index contributed by atoms with van der Waals surface area (Å²) >= 11 is 6.01. The Morgan fingerprint density at radius 2 is 2.00 bits per heavy atom. The Balaban J connectivity index is 2.45. The molecule has 0 N–H and O–H groups in total. The van der Waals surface area contributed by atoms with Gasteiger partial charge >= 0.3 is 0 Å². The van der Waals surface area contributed by atoms with Gasteiger partial charge < -0.3 is 4.74 Å². The molecule has 0 spiro atoms. The van der Waals surface area contributed by atoms with Gasteiger partial charge in [-0.15, -0.1) is 24.0 Å². The highest BCUT2D eigenvalue weighted by Crippen LogP contribution is 2.33. The van der Waals surface area contributed by atoms with Crippen LogP contribution in [0.2, 0.25) is 0 Å². The van der Waals surface area contributed by atoms with Crippen LogP contribution >= 0.6 is 24.0 Å². The van der Waals surface area contributed by atoms with Crippen molar-refractivity contribution in [3.05, 3.63) is 35.9 Å². The van der Waals surface area contributed by atoms with Crippen molar-refractivity contribution in [2.24, 2.45) is 0 Å². The summed E-state index contributed by atoms with van der Waals surface area (Å²) in [6.07, 6.45) is 0. The van der Waals surface area contributed by atoms with Crippen molar-refractivity contribution in [3.8, 4) is 16.2 Å². The van der Waals surface area contributed by atoms with Gasteiger partial charge in [0.05, 0.1) is 11.3 Å². The van der Waals surface area contributed by atoms with E-state index >= 15 is 0 Å². The van der Waals surface area contributed by atoms with Gasteiger partial charge in [-0.3, -0.25) is 0 Å². The Bertz CT molecular complexity index is 474. The second kappa shape index (κ2) is 4.29. The minimum atomic E-state index is 0.902. The predicted molar refractivity (Wildman–Crippen MR) is 68.3 cm³/mol. The lowest BCUT2D eigenvalue weighted by atomic mass is 10.1. The van der Waals surface area contributed by atoms with Gasteiger partial charge in [-0.25, -0.2) is 0 Å². The maximum atomic E-state index is 5.18. The van der Waals surface area contributed by atoms with Crippen LogP contribution in [0.15, 0.2) is 34.5 Å². The fourth-order valence-electron chi connectivity index (χ4n) is 1.51. The quantitative estimate of drug-likeness (QED) is 0.775. The normalized spacial score (nSPS) is 10.3. The number of rotatable bonds is 2. The molecule has 0 atom stereocenters. The molecule has 1 heterocycles. The molecule has 3 heteroatoms. The lowest BCUT2D eigenvalue weighted by Gasteiger charge is -2.05. The molecule has 78 valence electrons. The van der Waals surface area contributed by atoms with Gasteiger partial charge in [0.2, 0.25) is 0 Å². The number of ether oxygens (including phenoxy) is 1. The fraction of sp³-hybridized carbons (Fsp3) is 0.167. The third-order valence-electron chi connectivity index (χ3n) is 2.29. The van der Waals surface area contributed by atoms with Crippen molar-refractivity contribution in [2.45, 2.75) is 11.1 Å². The number of hydrogen-bond donors (Lipinski definition) is 1. The number of methoxy groups -OCH3 is 1. The van der Waals surface area contributed by atoms with Gasteiger partial charge in [-0.05, 0) is 48.4 Å². The van der Waals surface area contributed by atoms with E-state index in [2.05, 4.69) is 31.7 Å².